The summed E-state index contributed by atoms with van der Waals surface area (Å²) < 4.78 is 19.3. The van der Waals surface area contributed by atoms with Gasteiger partial charge in [-0.25, -0.2) is 4.39 Å². The van der Waals surface area contributed by atoms with Gasteiger partial charge in [0.05, 0.1) is 12.3 Å². The number of amides is 1. The topological polar surface area (TPSA) is 61.5 Å². The quantitative estimate of drug-likeness (QED) is 0.789. The Balaban J connectivity index is 1.40. The number of rotatable bonds is 6. The molecule has 0 spiro atoms. The van der Waals surface area contributed by atoms with Crippen LogP contribution in [0.1, 0.15) is 58.6 Å². The molecule has 1 aromatic heterocycles. The van der Waals surface area contributed by atoms with Gasteiger partial charge in [0.1, 0.15) is 5.82 Å². The summed E-state index contributed by atoms with van der Waals surface area (Å²) in [7, 11) is 1.71. The SMILES string of the molecule is CCc1c(F)cccc1C1CCN(C(=O)c2n[nH]c3c2CCN(CCOC)C3)CC1. The van der Waals surface area contributed by atoms with Crippen molar-refractivity contribution < 1.29 is 13.9 Å². The molecule has 6 nitrogen and oxygen atoms in total. The molecule has 1 saturated heterocycles. The lowest BCUT2D eigenvalue weighted by Gasteiger charge is -2.33. The van der Waals surface area contributed by atoms with E-state index in [2.05, 4.69) is 15.1 Å². The first-order valence-electron chi connectivity index (χ1n) is 11.0. The van der Waals surface area contributed by atoms with E-state index >= 15 is 0 Å². The van der Waals surface area contributed by atoms with Crippen LogP contribution in [0, 0.1) is 5.82 Å². The Kier molecular flexibility index (Phi) is 6.49. The van der Waals surface area contributed by atoms with Crippen molar-refractivity contribution in [1.82, 2.24) is 20.0 Å². The number of fused-ring (bicyclic) bond motifs is 1. The van der Waals surface area contributed by atoms with Crippen LogP contribution in [0.25, 0.3) is 0 Å². The zero-order valence-corrected chi connectivity index (χ0v) is 17.9. The van der Waals surface area contributed by atoms with Gasteiger partial charge in [0.15, 0.2) is 5.69 Å². The molecular weight excluding hydrogens is 383 g/mol. The number of nitrogens with one attached hydrogen (secondary N) is 1. The van der Waals surface area contributed by atoms with Crippen molar-refractivity contribution in [3.8, 4) is 0 Å². The molecule has 1 amide bonds. The summed E-state index contributed by atoms with van der Waals surface area (Å²) in [6.07, 6.45) is 3.25. The van der Waals surface area contributed by atoms with E-state index in [-0.39, 0.29) is 11.7 Å². The van der Waals surface area contributed by atoms with Gasteiger partial charge < -0.3 is 9.64 Å². The van der Waals surface area contributed by atoms with E-state index in [9.17, 15) is 9.18 Å². The Morgan fingerprint density at radius 2 is 2.10 bits per heavy atom. The molecule has 1 fully saturated rings. The number of ether oxygens (including phenoxy) is 1. The maximum Gasteiger partial charge on any atom is 0.274 e. The Morgan fingerprint density at radius 3 is 2.83 bits per heavy atom. The number of hydrogen-bond acceptors (Lipinski definition) is 4. The number of aromatic amines is 1. The van der Waals surface area contributed by atoms with Gasteiger partial charge in [-0.3, -0.25) is 14.8 Å². The fourth-order valence-electron chi connectivity index (χ4n) is 4.84. The first kappa shape index (κ1) is 21.0. The lowest BCUT2D eigenvalue weighted by molar-refractivity contribution is 0.0705. The van der Waals surface area contributed by atoms with Crippen LogP contribution in [0.15, 0.2) is 18.2 Å². The van der Waals surface area contributed by atoms with Gasteiger partial charge in [-0.2, -0.15) is 5.10 Å². The molecule has 0 radical (unpaired) electrons. The highest BCUT2D eigenvalue weighted by atomic mass is 19.1. The van der Waals surface area contributed by atoms with Crippen molar-refractivity contribution in [2.75, 3.05) is 39.9 Å². The Hall–Kier alpha value is -2.25. The maximum atomic E-state index is 14.2. The van der Waals surface area contributed by atoms with Crippen LogP contribution in [-0.2, 0) is 24.1 Å². The second-order valence-electron chi connectivity index (χ2n) is 8.28. The van der Waals surface area contributed by atoms with Crippen LogP contribution in [0.2, 0.25) is 0 Å². The van der Waals surface area contributed by atoms with Crippen molar-refractivity contribution in [2.45, 2.75) is 45.1 Å². The van der Waals surface area contributed by atoms with Crippen LogP contribution in [0.3, 0.4) is 0 Å². The van der Waals surface area contributed by atoms with Gasteiger partial charge in [0.2, 0.25) is 0 Å². The van der Waals surface area contributed by atoms with E-state index in [1.165, 1.54) is 6.07 Å². The molecule has 2 aromatic rings. The van der Waals surface area contributed by atoms with Crippen molar-refractivity contribution in [3.05, 3.63) is 52.1 Å². The maximum absolute atomic E-state index is 14.2. The largest absolute Gasteiger partial charge is 0.383 e. The van der Waals surface area contributed by atoms with Crippen molar-refractivity contribution in [1.29, 1.82) is 0 Å². The lowest BCUT2D eigenvalue weighted by Crippen LogP contribution is -2.39. The molecule has 3 heterocycles. The number of piperidine rings is 1. The highest BCUT2D eigenvalue weighted by Gasteiger charge is 2.31. The highest BCUT2D eigenvalue weighted by Crippen LogP contribution is 2.32. The van der Waals surface area contributed by atoms with Gasteiger partial charge in [-0.1, -0.05) is 19.1 Å². The minimum absolute atomic E-state index is 0.0197. The fraction of sp³-hybridized carbons (Fsp3) is 0.565. The van der Waals surface area contributed by atoms with Crippen molar-refractivity contribution in [2.24, 2.45) is 0 Å². The molecule has 0 aliphatic carbocycles. The number of halogens is 1. The molecule has 1 aromatic carbocycles. The number of aromatic nitrogens is 2. The summed E-state index contributed by atoms with van der Waals surface area (Å²) in [5, 5.41) is 7.47. The van der Waals surface area contributed by atoms with Crippen LogP contribution < -0.4 is 0 Å². The highest BCUT2D eigenvalue weighted by molar-refractivity contribution is 5.94. The summed E-state index contributed by atoms with van der Waals surface area (Å²) >= 11 is 0. The molecule has 7 heteroatoms. The zero-order chi connectivity index (χ0) is 21.1. The van der Waals surface area contributed by atoms with Gasteiger partial charge in [-0.05, 0) is 48.8 Å². The number of benzene rings is 1. The van der Waals surface area contributed by atoms with Gasteiger partial charge >= 0.3 is 0 Å². The van der Waals surface area contributed by atoms with E-state index in [0.717, 1.165) is 61.3 Å². The molecule has 30 heavy (non-hydrogen) atoms. The summed E-state index contributed by atoms with van der Waals surface area (Å²) in [5.41, 5.74) is 4.62. The Bertz CT molecular complexity index is 889. The molecule has 0 bridgehead atoms. The average Bonchev–Trinajstić information content (AvgIpc) is 3.20. The van der Waals surface area contributed by atoms with Gasteiger partial charge in [0, 0.05) is 45.4 Å². The smallest absolute Gasteiger partial charge is 0.274 e. The van der Waals surface area contributed by atoms with E-state index in [0.29, 0.717) is 37.7 Å². The number of hydrogen-bond donors (Lipinski definition) is 1. The predicted octanol–water partition coefficient (Wildman–Crippen LogP) is 3.14. The van der Waals surface area contributed by atoms with E-state index in [1.54, 1.807) is 13.2 Å². The van der Waals surface area contributed by atoms with Crippen LogP contribution in [0.4, 0.5) is 4.39 Å². The average molecular weight is 415 g/mol. The number of carbonyl (C=O) groups excluding carboxylic acids is 1. The van der Waals surface area contributed by atoms with Crippen molar-refractivity contribution in [3.63, 3.8) is 0 Å². The molecule has 162 valence electrons. The molecule has 0 saturated carbocycles. The minimum atomic E-state index is -0.115. The normalized spacial score (nSPS) is 17.9. The number of likely N-dealkylation sites (tertiary alicyclic amines) is 1. The van der Waals surface area contributed by atoms with Crippen LogP contribution in [0.5, 0.6) is 0 Å². The van der Waals surface area contributed by atoms with Crippen LogP contribution >= 0.6 is 0 Å². The number of nitrogens with zero attached hydrogens (tertiary/aromatic N) is 3. The standard InChI is InChI=1S/C23H31FN4O2/c1-3-17-18(5-4-6-20(17)24)16-7-11-28(12-8-16)23(29)22-19-9-10-27(13-14-30-2)15-21(19)25-26-22/h4-6,16H,3,7-15H2,1-2H3,(H,25,26). The Morgan fingerprint density at radius 1 is 1.30 bits per heavy atom. The second-order valence-corrected chi connectivity index (χ2v) is 8.28. The number of carbonyl (C=O) groups is 1. The summed E-state index contributed by atoms with van der Waals surface area (Å²) in [4.78, 5) is 17.4. The predicted molar refractivity (Wildman–Crippen MR) is 113 cm³/mol. The summed E-state index contributed by atoms with van der Waals surface area (Å²) in [5.74, 6) is 0.213. The summed E-state index contributed by atoms with van der Waals surface area (Å²) in [6.45, 7) is 6.64. The lowest BCUT2D eigenvalue weighted by atomic mass is 9.85. The molecule has 2 aliphatic rings. The molecule has 0 unspecified atom stereocenters. The van der Waals surface area contributed by atoms with Gasteiger partial charge in [0.25, 0.3) is 5.91 Å². The monoisotopic (exact) mass is 414 g/mol. The molecule has 0 atom stereocenters. The molecule has 1 N–H and O–H groups in total. The molecule has 2 aliphatic heterocycles. The van der Waals surface area contributed by atoms with E-state index in [4.69, 9.17) is 4.74 Å². The first-order valence-corrected chi connectivity index (χ1v) is 11.0. The molecule has 4 rings (SSSR count). The number of H-pyrrole nitrogens is 1. The first-order chi connectivity index (χ1) is 14.6. The molecular formula is C23H31FN4O2. The fourth-order valence-corrected chi connectivity index (χ4v) is 4.84. The van der Waals surface area contributed by atoms with E-state index in [1.807, 2.05) is 17.9 Å². The van der Waals surface area contributed by atoms with E-state index < -0.39 is 0 Å². The summed E-state index contributed by atoms with van der Waals surface area (Å²) in [6, 6.07) is 5.38. The minimum Gasteiger partial charge on any atom is -0.383 e. The third-order valence-corrected chi connectivity index (χ3v) is 6.56. The third kappa shape index (κ3) is 4.14. The van der Waals surface area contributed by atoms with Crippen LogP contribution in [-0.4, -0.2) is 65.8 Å². The zero-order valence-electron chi connectivity index (χ0n) is 17.9. The Labute approximate surface area is 177 Å². The number of methoxy groups -OCH3 is 1. The third-order valence-electron chi connectivity index (χ3n) is 6.56. The second kappa shape index (κ2) is 9.27. The van der Waals surface area contributed by atoms with Gasteiger partial charge in [-0.15, -0.1) is 0 Å². The van der Waals surface area contributed by atoms with Crippen molar-refractivity contribution >= 4 is 5.91 Å².